The van der Waals surface area contributed by atoms with E-state index in [1.807, 2.05) is 33.0 Å². The van der Waals surface area contributed by atoms with Gasteiger partial charge in [-0.1, -0.05) is 28.1 Å². The molecule has 0 radical (unpaired) electrons. The van der Waals surface area contributed by atoms with Crippen LogP contribution in [0.3, 0.4) is 0 Å². The number of hydrogen-bond acceptors (Lipinski definition) is 2. The van der Waals surface area contributed by atoms with Crippen LogP contribution in [0.1, 0.15) is 22.8 Å². The number of aliphatic hydroxyl groups is 1. The molecular formula is C11H16BrNO. The van der Waals surface area contributed by atoms with E-state index in [4.69, 9.17) is 0 Å². The molecule has 0 heterocycles. The Kier molecular flexibility index (Phi) is 4.11. The van der Waals surface area contributed by atoms with Crippen LogP contribution < -0.4 is 5.32 Å². The fourth-order valence-corrected chi connectivity index (χ4v) is 1.71. The minimum Gasteiger partial charge on any atom is -0.387 e. The highest BCUT2D eigenvalue weighted by Crippen LogP contribution is 2.25. The molecule has 0 aliphatic heterocycles. The Morgan fingerprint density at radius 1 is 1.36 bits per heavy atom. The van der Waals surface area contributed by atoms with E-state index in [1.165, 1.54) is 0 Å². The van der Waals surface area contributed by atoms with Crippen LogP contribution in [0.25, 0.3) is 0 Å². The van der Waals surface area contributed by atoms with Crippen molar-refractivity contribution < 1.29 is 5.11 Å². The molecule has 0 fully saturated rings. The maximum atomic E-state index is 9.78. The van der Waals surface area contributed by atoms with Gasteiger partial charge in [-0.25, -0.2) is 0 Å². The molecule has 0 aliphatic carbocycles. The largest absolute Gasteiger partial charge is 0.387 e. The monoisotopic (exact) mass is 257 g/mol. The topological polar surface area (TPSA) is 32.3 Å². The number of likely N-dealkylation sites (N-methyl/N-ethyl adjacent to an activating group) is 1. The summed E-state index contributed by atoms with van der Waals surface area (Å²) in [5, 5.41) is 12.7. The molecule has 0 amide bonds. The van der Waals surface area contributed by atoms with Gasteiger partial charge in [0.15, 0.2) is 0 Å². The number of halogens is 1. The van der Waals surface area contributed by atoms with Crippen molar-refractivity contribution in [1.29, 1.82) is 0 Å². The zero-order chi connectivity index (χ0) is 10.7. The highest BCUT2D eigenvalue weighted by atomic mass is 79.9. The van der Waals surface area contributed by atoms with Gasteiger partial charge in [0.05, 0.1) is 6.10 Å². The quantitative estimate of drug-likeness (QED) is 0.872. The number of nitrogens with one attached hydrogen (secondary N) is 1. The summed E-state index contributed by atoms with van der Waals surface area (Å²) in [4.78, 5) is 0. The van der Waals surface area contributed by atoms with Gasteiger partial charge in [0.25, 0.3) is 0 Å². The second-order valence-electron chi connectivity index (χ2n) is 3.54. The molecule has 0 saturated heterocycles. The SMILES string of the molecule is CNCC(O)c1cc(C)c(Br)c(C)c1. The Labute approximate surface area is 93.5 Å². The Bertz CT molecular complexity index is 302. The summed E-state index contributed by atoms with van der Waals surface area (Å²) >= 11 is 3.50. The van der Waals surface area contributed by atoms with Crippen molar-refractivity contribution in [2.24, 2.45) is 0 Å². The molecule has 1 rings (SSSR count). The molecular weight excluding hydrogens is 242 g/mol. The normalized spacial score (nSPS) is 12.9. The highest BCUT2D eigenvalue weighted by molar-refractivity contribution is 9.10. The molecule has 2 N–H and O–H groups in total. The number of benzene rings is 1. The third-order valence-electron chi connectivity index (χ3n) is 2.24. The molecule has 78 valence electrons. The van der Waals surface area contributed by atoms with Crippen LogP contribution in [0.15, 0.2) is 16.6 Å². The van der Waals surface area contributed by atoms with Gasteiger partial charge in [-0.2, -0.15) is 0 Å². The molecule has 3 heteroatoms. The zero-order valence-electron chi connectivity index (χ0n) is 8.76. The van der Waals surface area contributed by atoms with E-state index in [0.717, 1.165) is 21.2 Å². The van der Waals surface area contributed by atoms with Crippen molar-refractivity contribution in [3.8, 4) is 0 Å². The standard InChI is InChI=1S/C11H16BrNO/c1-7-4-9(10(14)6-13-3)5-8(2)11(7)12/h4-5,10,13-14H,6H2,1-3H3. The molecule has 0 aliphatic rings. The number of aryl methyl sites for hydroxylation is 2. The molecule has 0 aromatic heterocycles. The highest BCUT2D eigenvalue weighted by Gasteiger charge is 2.09. The summed E-state index contributed by atoms with van der Waals surface area (Å²) in [6.45, 7) is 4.65. The minimum absolute atomic E-state index is 0.425. The summed E-state index contributed by atoms with van der Waals surface area (Å²) in [7, 11) is 1.84. The lowest BCUT2D eigenvalue weighted by Crippen LogP contribution is -2.16. The maximum absolute atomic E-state index is 9.78. The number of aliphatic hydroxyl groups excluding tert-OH is 1. The molecule has 0 spiro atoms. The summed E-state index contributed by atoms with van der Waals surface area (Å²) in [5.41, 5.74) is 3.29. The Hall–Kier alpha value is -0.380. The molecule has 1 aromatic rings. The van der Waals surface area contributed by atoms with Gasteiger partial charge in [-0.3, -0.25) is 0 Å². The summed E-state index contributed by atoms with van der Waals surface area (Å²) in [6, 6.07) is 4.03. The Morgan fingerprint density at radius 3 is 2.29 bits per heavy atom. The van der Waals surface area contributed by atoms with Gasteiger partial charge in [-0.15, -0.1) is 0 Å². The van der Waals surface area contributed by atoms with Crippen LogP contribution in [-0.2, 0) is 0 Å². The first-order valence-electron chi connectivity index (χ1n) is 4.65. The molecule has 1 aromatic carbocycles. The van der Waals surface area contributed by atoms with Gasteiger partial charge < -0.3 is 10.4 Å². The summed E-state index contributed by atoms with van der Waals surface area (Å²) < 4.78 is 1.12. The predicted octanol–water partition coefficient (Wildman–Crippen LogP) is 2.32. The van der Waals surface area contributed by atoms with E-state index in [0.29, 0.717) is 6.54 Å². The summed E-state index contributed by atoms with van der Waals surface area (Å²) in [5.74, 6) is 0. The molecule has 2 nitrogen and oxygen atoms in total. The van der Waals surface area contributed by atoms with Crippen molar-refractivity contribution in [2.75, 3.05) is 13.6 Å². The fraction of sp³-hybridized carbons (Fsp3) is 0.455. The van der Waals surface area contributed by atoms with Crippen molar-refractivity contribution >= 4 is 15.9 Å². The minimum atomic E-state index is -0.425. The van der Waals surface area contributed by atoms with Crippen LogP contribution in [-0.4, -0.2) is 18.7 Å². The van der Waals surface area contributed by atoms with Crippen molar-refractivity contribution in [3.05, 3.63) is 33.3 Å². The fourth-order valence-electron chi connectivity index (χ4n) is 1.48. The smallest absolute Gasteiger partial charge is 0.0914 e. The van der Waals surface area contributed by atoms with Gasteiger partial charge >= 0.3 is 0 Å². The lowest BCUT2D eigenvalue weighted by molar-refractivity contribution is 0.177. The lowest BCUT2D eigenvalue weighted by Gasteiger charge is -2.13. The van der Waals surface area contributed by atoms with Gasteiger partial charge in [-0.05, 0) is 37.6 Å². The molecule has 1 atom stereocenters. The molecule has 0 saturated carbocycles. The van der Waals surface area contributed by atoms with Crippen molar-refractivity contribution in [2.45, 2.75) is 20.0 Å². The van der Waals surface area contributed by atoms with Gasteiger partial charge in [0, 0.05) is 11.0 Å². The second-order valence-corrected chi connectivity index (χ2v) is 4.34. The third-order valence-corrected chi connectivity index (χ3v) is 3.49. The Morgan fingerprint density at radius 2 is 1.86 bits per heavy atom. The first-order chi connectivity index (χ1) is 6.56. The van der Waals surface area contributed by atoms with Crippen molar-refractivity contribution in [3.63, 3.8) is 0 Å². The number of hydrogen-bond donors (Lipinski definition) is 2. The van der Waals surface area contributed by atoms with Crippen molar-refractivity contribution in [1.82, 2.24) is 5.32 Å². The molecule has 1 unspecified atom stereocenters. The van der Waals surface area contributed by atoms with Crippen LogP contribution >= 0.6 is 15.9 Å². The zero-order valence-corrected chi connectivity index (χ0v) is 10.4. The number of rotatable bonds is 3. The lowest BCUT2D eigenvalue weighted by atomic mass is 10.0. The van der Waals surface area contributed by atoms with E-state index >= 15 is 0 Å². The average Bonchev–Trinajstić information content (AvgIpc) is 2.13. The summed E-state index contributed by atoms with van der Waals surface area (Å²) in [6.07, 6.45) is -0.425. The van der Waals surface area contributed by atoms with Crippen LogP contribution in [0, 0.1) is 13.8 Å². The van der Waals surface area contributed by atoms with E-state index in [9.17, 15) is 5.11 Å². The molecule has 0 bridgehead atoms. The van der Waals surface area contributed by atoms with E-state index in [-0.39, 0.29) is 0 Å². The first-order valence-corrected chi connectivity index (χ1v) is 5.45. The maximum Gasteiger partial charge on any atom is 0.0914 e. The van der Waals surface area contributed by atoms with Gasteiger partial charge in [0.2, 0.25) is 0 Å². The first kappa shape index (κ1) is 11.7. The van der Waals surface area contributed by atoms with E-state index < -0.39 is 6.10 Å². The van der Waals surface area contributed by atoms with Gasteiger partial charge in [0.1, 0.15) is 0 Å². The van der Waals surface area contributed by atoms with E-state index in [1.54, 1.807) is 0 Å². The van der Waals surface area contributed by atoms with Crippen LogP contribution in [0.2, 0.25) is 0 Å². The van der Waals surface area contributed by atoms with E-state index in [2.05, 4.69) is 21.2 Å². The molecule has 14 heavy (non-hydrogen) atoms. The average molecular weight is 258 g/mol. The second kappa shape index (κ2) is 4.91. The van der Waals surface area contributed by atoms with Crippen LogP contribution in [0.5, 0.6) is 0 Å². The van der Waals surface area contributed by atoms with Crippen LogP contribution in [0.4, 0.5) is 0 Å². The third kappa shape index (κ3) is 2.56. The predicted molar refractivity (Wildman–Crippen MR) is 62.5 cm³/mol. The Balaban J connectivity index is 3.00.